The Labute approximate surface area is 122 Å². The quantitative estimate of drug-likeness (QED) is 0.840. The summed E-state index contributed by atoms with van der Waals surface area (Å²) >= 11 is 0. The van der Waals surface area contributed by atoms with Crippen molar-refractivity contribution >= 4 is 0 Å². The molecule has 4 atom stereocenters. The van der Waals surface area contributed by atoms with Crippen LogP contribution in [0.3, 0.4) is 0 Å². The first-order valence-electron chi connectivity index (χ1n) is 8.19. The summed E-state index contributed by atoms with van der Waals surface area (Å²) in [6.07, 6.45) is 6.96. The van der Waals surface area contributed by atoms with E-state index in [1.54, 1.807) is 7.11 Å². The van der Waals surface area contributed by atoms with E-state index in [1.165, 1.54) is 37.7 Å². The second-order valence-corrected chi connectivity index (χ2v) is 6.51. The second kappa shape index (κ2) is 6.17. The van der Waals surface area contributed by atoms with Gasteiger partial charge in [-0.15, -0.1) is 0 Å². The normalized spacial score (nSPS) is 29.6. The van der Waals surface area contributed by atoms with Crippen LogP contribution in [0.4, 0.5) is 0 Å². The van der Waals surface area contributed by atoms with Crippen LogP contribution in [0.1, 0.15) is 50.6 Å². The molecule has 1 aromatic rings. The van der Waals surface area contributed by atoms with E-state index in [0.717, 1.165) is 30.0 Å². The van der Waals surface area contributed by atoms with Crippen LogP contribution in [0.2, 0.25) is 0 Å². The summed E-state index contributed by atoms with van der Waals surface area (Å²) in [5, 5.41) is 3.81. The predicted molar refractivity (Wildman–Crippen MR) is 83.0 cm³/mol. The summed E-state index contributed by atoms with van der Waals surface area (Å²) in [4.78, 5) is 0. The highest BCUT2D eigenvalue weighted by atomic mass is 16.5. The number of ether oxygens (including phenoxy) is 1. The highest BCUT2D eigenvalue weighted by Crippen LogP contribution is 2.53. The van der Waals surface area contributed by atoms with Gasteiger partial charge in [-0.25, -0.2) is 0 Å². The fraction of sp³-hybridized carbons (Fsp3) is 0.667. The van der Waals surface area contributed by atoms with E-state index in [4.69, 9.17) is 4.74 Å². The number of rotatable bonds is 6. The molecule has 0 aromatic heterocycles. The van der Waals surface area contributed by atoms with Crippen molar-refractivity contribution in [3.8, 4) is 5.75 Å². The van der Waals surface area contributed by atoms with Gasteiger partial charge < -0.3 is 10.1 Å². The number of fused-ring (bicyclic) bond motifs is 2. The molecule has 110 valence electrons. The zero-order valence-corrected chi connectivity index (χ0v) is 12.8. The summed E-state index contributed by atoms with van der Waals surface area (Å²) in [6.45, 7) is 3.34. The molecule has 3 rings (SSSR count). The molecule has 2 saturated carbocycles. The monoisotopic (exact) mass is 273 g/mol. The minimum atomic E-state index is 0.474. The molecular formula is C18H27NO. The number of nitrogens with one attached hydrogen (secondary N) is 1. The third-order valence-corrected chi connectivity index (χ3v) is 5.31. The molecule has 1 N–H and O–H groups in total. The maximum Gasteiger partial charge on any atom is 0.123 e. The number of benzene rings is 1. The van der Waals surface area contributed by atoms with Crippen molar-refractivity contribution in [2.24, 2.45) is 17.8 Å². The van der Waals surface area contributed by atoms with Crippen LogP contribution in [0.5, 0.6) is 5.75 Å². The Bertz CT molecular complexity index is 445. The summed E-state index contributed by atoms with van der Waals surface area (Å²) < 4.78 is 5.61. The van der Waals surface area contributed by atoms with Gasteiger partial charge in [0.25, 0.3) is 0 Å². The van der Waals surface area contributed by atoms with E-state index in [9.17, 15) is 0 Å². The number of hydrogen-bond acceptors (Lipinski definition) is 2. The van der Waals surface area contributed by atoms with E-state index in [0.29, 0.717) is 6.04 Å². The first-order valence-corrected chi connectivity index (χ1v) is 8.19. The van der Waals surface area contributed by atoms with E-state index in [-0.39, 0.29) is 0 Å². The predicted octanol–water partition coefficient (Wildman–Crippen LogP) is 4.17. The molecule has 2 nitrogen and oxygen atoms in total. The summed E-state index contributed by atoms with van der Waals surface area (Å²) in [5.41, 5.74) is 1.36. The molecule has 0 radical (unpaired) electrons. The summed E-state index contributed by atoms with van der Waals surface area (Å²) in [6, 6.07) is 9.04. The Kier molecular flexibility index (Phi) is 4.30. The van der Waals surface area contributed by atoms with Crippen molar-refractivity contribution in [2.75, 3.05) is 13.7 Å². The highest BCUT2D eigenvalue weighted by Gasteiger charge is 2.43. The lowest BCUT2D eigenvalue weighted by Gasteiger charge is -2.32. The molecule has 4 unspecified atom stereocenters. The molecular weight excluding hydrogens is 246 g/mol. The van der Waals surface area contributed by atoms with E-state index >= 15 is 0 Å². The molecule has 1 aromatic carbocycles. The Morgan fingerprint density at radius 1 is 1.25 bits per heavy atom. The maximum absolute atomic E-state index is 5.61. The Morgan fingerprint density at radius 3 is 2.75 bits per heavy atom. The highest BCUT2D eigenvalue weighted by molar-refractivity contribution is 5.36. The van der Waals surface area contributed by atoms with Crippen molar-refractivity contribution in [2.45, 2.75) is 45.1 Å². The summed E-state index contributed by atoms with van der Waals surface area (Å²) in [5.74, 6) is 3.77. The average molecular weight is 273 g/mol. The third kappa shape index (κ3) is 2.58. The van der Waals surface area contributed by atoms with Gasteiger partial charge in [-0.1, -0.05) is 31.5 Å². The van der Waals surface area contributed by atoms with E-state index in [2.05, 4.69) is 36.5 Å². The Morgan fingerprint density at radius 2 is 2.10 bits per heavy atom. The first kappa shape index (κ1) is 13.9. The zero-order valence-electron chi connectivity index (χ0n) is 12.8. The average Bonchev–Trinajstić information content (AvgIpc) is 3.11. The van der Waals surface area contributed by atoms with Crippen LogP contribution in [0.15, 0.2) is 24.3 Å². The molecule has 2 bridgehead atoms. The fourth-order valence-corrected chi connectivity index (χ4v) is 4.42. The smallest absolute Gasteiger partial charge is 0.123 e. The minimum Gasteiger partial charge on any atom is -0.496 e. The number of methoxy groups -OCH3 is 1. The fourth-order valence-electron chi connectivity index (χ4n) is 4.42. The molecule has 0 aliphatic heterocycles. The van der Waals surface area contributed by atoms with Gasteiger partial charge in [-0.3, -0.25) is 0 Å². The van der Waals surface area contributed by atoms with Crippen molar-refractivity contribution < 1.29 is 4.74 Å². The van der Waals surface area contributed by atoms with Gasteiger partial charge >= 0.3 is 0 Å². The lowest BCUT2D eigenvalue weighted by Crippen LogP contribution is -2.32. The van der Waals surface area contributed by atoms with Gasteiger partial charge in [0.1, 0.15) is 5.75 Å². The van der Waals surface area contributed by atoms with Crippen LogP contribution in [-0.4, -0.2) is 13.7 Å². The molecule has 0 heterocycles. The van der Waals surface area contributed by atoms with E-state index in [1.807, 2.05) is 0 Å². The number of hydrogen-bond donors (Lipinski definition) is 1. The molecule has 0 spiro atoms. The molecule has 2 heteroatoms. The maximum atomic E-state index is 5.61. The van der Waals surface area contributed by atoms with Crippen LogP contribution < -0.4 is 10.1 Å². The minimum absolute atomic E-state index is 0.474. The lowest BCUT2D eigenvalue weighted by atomic mass is 9.80. The van der Waals surface area contributed by atoms with Gasteiger partial charge in [0, 0.05) is 11.6 Å². The van der Waals surface area contributed by atoms with Crippen molar-refractivity contribution in [1.82, 2.24) is 5.32 Å². The summed E-state index contributed by atoms with van der Waals surface area (Å²) in [7, 11) is 1.79. The third-order valence-electron chi connectivity index (χ3n) is 5.31. The van der Waals surface area contributed by atoms with Gasteiger partial charge in [0.2, 0.25) is 0 Å². The molecule has 20 heavy (non-hydrogen) atoms. The Hall–Kier alpha value is -1.02. The van der Waals surface area contributed by atoms with Gasteiger partial charge in [-0.2, -0.15) is 0 Å². The lowest BCUT2D eigenvalue weighted by molar-refractivity contribution is 0.246. The van der Waals surface area contributed by atoms with Crippen molar-refractivity contribution in [3.63, 3.8) is 0 Å². The Balaban J connectivity index is 1.85. The van der Waals surface area contributed by atoms with Crippen LogP contribution in [0, 0.1) is 17.8 Å². The molecule has 2 aliphatic carbocycles. The molecule has 0 amide bonds. The van der Waals surface area contributed by atoms with E-state index < -0.39 is 0 Å². The van der Waals surface area contributed by atoms with Crippen molar-refractivity contribution in [3.05, 3.63) is 29.8 Å². The van der Waals surface area contributed by atoms with Crippen LogP contribution in [0.25, 0.3) is 0 Å². The van der Waals surface area contributed by atoms with Crippen LogP contribution in [-0.2, 0) is 0 Å². The largest absolute Gasteiger partial charge is 0.496 e. The van der Waals surface area contributed by atoms with Gasteiger partial charge in [0.15, 0.2) is 0 Å². The SMILES string of the molecule is CCCNC(c1ccccc1OC)C1CC2CCC1C2. The van der Waals surface area contributed by atoms with Crippen LogP contribution >= 0.6 is 0 Å². The topological polar surface area (TPSA) is 21.3 Å². The second-order valence-electron chi connectivity index (χ2n) is 6.51. The standard InChI is InChI=1S/C18H27NO/c1-3-10-19-18(15-6-4-5-7-17(15)20-2)16-12-13-8-9-14(16)11-13/h4-7,13-14,16,18-19H,3,8-12H2,1-2H3. The first-order chi connectivity index (χ1) is 9.83. The molecule has 0 saturated heterocycles. The zero-order chi connectivity index (χ0) is 13.9. The molecule has 2 aliphatic rings. The molecule has 2 fully saturated rings. The van der Waals surface area contributed by atoms with Gasteiger partial charge in [0.05, 0.1) is 7.11 Å². The van der Waals surface area contributed by atoms with Gasteiger partial charge in [-0.05, 0) is 56.0 Å². The van der Waals surface area contributed by atoms with Crippen molar-refractivity contribution in [1.29, 1.82) is 0 Å². The number of para-hydroxylation sites is 1.